The number of carbonyl (C=O) groups excluding carboxylic acids is 1. The normalized spacial score (nSPS) is 10.4. The first-order valence-corrected chi connectivity index (χ1v) is 6.27. The minimum absolute atomic E-state index is 0.376. The van der Waals surface area contributed by atoms with Crippen LogP contribution in [0.25, 0.3) is 0 Å². The summed E-state index contributed by atoms with van der Waals surface area (Å²) in [5.41, 5.74) is 2.43. The second-order valence-electron chi connectivity index (χ2n) is 3.97. The van der Waals surface area contributed by atoms with Gasteiger partial charge in [-0.1, -0.05) is 6.07 Å². The second kappa shape index (κ2) is 5.35. The number of hydrogen-bond donors (Lipinski definition) is 0. The van der Waals surface area contributed by atoms with Gasteiger partial charge in [0.2, 0.25) is 0 Å². The van der Waals surface area contributed by atoms with Crippen molar-refractivity contribution >= 4 is 22.2 Å². The van der Waals surface area contributed by atoms with Crippen molar-refractivity contribution in [1.82, 2.24) is 9.78 Å². The maximum atomic E-state index is 10.9. The van der Waals surface area contributed by atoms with Crippen LogP contribution in [-0.2, 0) is 13.7 Å². The van der Waals surface area contributed by atoms with E-state index in [0.717, 1.165) is 22.1 Å². The summed E-state index contributed by atoms with van der Waals surface area (Å²) in [6.07, 6.45) is 0.786. The number of aldehydes is 1. The van der Waals surface area contributed by atoms with E-state index in [2.05, 4.69) is 21.0 Å². The van der Waals surface area contributed by atoms with E-state index in [-0.39, 0.29) is 0 Å². The molecule has 0 aliphatic carbocycles. The van der Waals surface area contributed by atoms with Gasteiger partial charge in [-0.3, -0.25) is 9.48 Å². The summed E-state index contributed by atoms with van der Waals surface area (Å²) >= 11 is 3.38. The first-order valence-electron chi connectivity index (χ1n) is 5.48. The molecule has 0 saturated heterocycles. The second-order valence-corrected chi connectivity index (χ2v) is 4.82. The molecule has 2 rings (SSSR count). The average molecular weight is 309 g/mol. The van der Waals surface area contributed by atoms with Crippen LogP contribution in [0.15, 0.2) is 28.7 Å². The molecule has 0 fully saturated rings. The molecule has 4 nitrogen and oxygen atoms in total. The third-order valence-electron chi connectivity index (χ3n) is 2.59. The van der Waals surface area contributed by atoms with E-state index >= 15 is 0 Å². The van der Waals surface area contributed by atoms with Crippen LogP contribution in [0.1, 0.15) is 21.7 Å². The topological polar surface area (TPSA) is 44.1 Å². The lowest BCUT2D eigenvalue weighted by molar-refractivity contribution is 0.111. The number of ether oxygens (including phenoxy) is 1. The number of rotatable bonds is 4. The zero-order valence-electron chi connectivity index (χ0n) is 10.2. The largest absolute Gasteiger partial charge is 0.485 e. The molecule has 0 unspecified atom stereocenters. The fraction of sp³-hybridized carbons (Fsp3) is 0.231. The van der Waals surface area contributed by atoms with Gasteiger partial charge in [-0.05, 0) is 41.1 Å². The Morgan fingerprint density at radius 1 is 1.50 bits per heavy atom. The van der Waals surface area contributed by atoms with Gasteiger partial charge in [-0.15, -0.1) is 0 Å². The number of halogens is 1. The monoisotopic (exact) mass is 308 g/mol. The Labute approximate surface area is 114 Å². The fourth-order valence-corrected chi connectivity index (χ4v) is 2.21. The summed E-state index contributed by atoms with van der Waals surface area (Å²) < 4.78 is 8.24. The van der Waals surface area contributed by atoms with Crippen LogP contribution in [0.5, 0.6) is 5.75 Å². The van der Waals surface area contributed by atoms with Crippen LogP contribution in [0.2, 0.25) is 0 Å². The van der Waals surface area contributed by atoms with Crippen LogP contribution in [0.3, 0.4) is 0 Å². The molecule has 0 radical (unpaired) electrons. The third kappa shape index (κ3) is 2.61. The molecule has 0 amide bonds. The molecule has 0 N–H and O–H groups in total. The predicted octanol–water partition coefficient (Wildman–Crippen LogP) is 2.88. The Kier molecular flexibility index (Phi) is 3.81. The molecule has 0 saturated carbocycles. The summed E-state index contributed by atoms with van der Waals surface area (Å²) in [5.74, 6) is 0.561. The smallest absolute Gasteiger partial charge is 0.153 e. The van der Waals surface area contributed by atoms with Gasteiger partial charge >= 0.3 is 0 Å². The lowest BCUT2D eigenvalue weighted by Crippen LogP contribution is -2.04. The van der Waals surface area contributed by atoms with Crippen molar-refractivity contribution in [3.8, 4) is 5.75 Å². The van der Waals surface area contributed by atoms with Gasteiger partial charge in [0.05, 0.1) is 21.4 Å². The van der Waals surface area contributed by atoms with Crippen LogP contribution < -0.4 is 4.74 Å². The molecule has 0 spiro atoms. The maximum absolute atomic E-state index is 10.9. The fourth-order valence-electron chi connectivity index (χ4n) is 1.72. The van der Waals surface area contributed by atoms with Gasteiger partial charge in [0.1, 0.15) is 12.4 Å². The first-order chi connectivity index (χ1) is 8.61. The molecule has 5 heteroatoms. The Balaban J connectivity index is 2.20. The van der Waals surface area contributed by atoms with Gasteiger partial charge in [0.15, 0.2) is 6.29 Å². The molecule has 1 aromatic carbocycles. The Morgan fingerprint density at radius 3 is 2.89 bits per heavy atom. The number of aryl methyl sites for hydroxylation is 2. The van der Waals surface area contributed by atoms with E-state index < -0.39 is 0 Å². The molecule has 0 aliphatic rings. The van der Waals surface area contributed by atoms with E-state index in [1.165, 1.54) is 0 Å². The van der Waals surface area contributed by atoms with Crippen molar-refractivity contribution in [3.05, 3.63) is 45.7 Å². The zero-order chi connectivity index (χ0) is 13.1. The number of aromatic nitrogens is 2. The molecule has 1 aromatic heterocycles. The van der Waals surface area contributed by atoms with E-state index in [0.29, 0.717) is 17.9 Å². The highest BCUT2D eigenvalue weighted by molar-refractivity contribution is 9.10. The Bertz CT molecular complexity index is 578. The molecule has 94 valence electrons. The number of nitrogens with zero attached hydrogens (tertiary/aromatic N) is 2. The number of carbonyl (C=O) groups is 1. The van der Waals surface area contributed by atoms with Gasteiger partial charge in [0.25, 0.3) is 0 Å². The van der Waals surface area contributed by atoms with E-state index in [1.807, 2.05) is 26.1 Å². The van der Waals surface area contributed by atoms with E-state index in [9.17, 15) is 4.79 Å². The lowest BCUT2D eigenvalue weighted by Gasteiger charge is -2.10. The van der Waals surface area contributed by atoms with Gasteiger partial charge in [-0.25, -0.2) is 0 Å². The molecule has 1 heterocycles. The molecule has 0 aliphatic heterocycles. The third-order valence-corrected chi connectivity index (χ3v) is 3.21. The molecular formula is C13H13BrN2O2. The van der Waals surface area contributed by atoms with Crippen LogP contribution in [-0.4, -0.2) is 16.1 Å². The van der Waals surface area contributed by atoms with Gasteiger partial charge in [-0.2, -0.15) is 5.10 Å². The summed E-state index contributed by atoms with van der Waals surface area (Å²) in [6.45, 7) is 2.31. The quantitative estimate of drug-likeness (QED) is 0.816. The predicted molar refractivity (Wildman–Crippen MR) is 71.8 cm³/mol. The van der Waals surface area contributed by atoms with E-state index in [1.54, 1.807) is 16.8 Å². The number of para-hydroxylation sites is 1. The maximum Gasteiger partial charge on any atom is 0.153 e. The molecule has 0 bridgehead atoms. The summed E-state index contributed by atoms with van der Waals surface area (Å²) in [6, 6.07) is 7.32. The zero-order valence-corrected chi connectivity index (χ0v) is 11.8. The Hall–Kier alpha value is -1.62. The standard InChI is InChI=1S/C13H13BrN2O2/c1-9-6-11(16(2)15-9)8-18-13-10(7-17)4-3-5-12(13)14/h3-7H,8H2,1-2H3. The van der Waals surface area contributed by atoms with Gasteiger partial charge in [0, 0.05) is 7.05 Å². The first kappa shape index (κ1) is 12.8. The van der Waals surface area contributed by atoms with Crippen molar-refractivity contribution in [3.63, 3.8) is 0 Å². The SMILES string of the molecule is Cc1cc(COc2c(Br)cccc2C=O)n(C)n1. The highest BCUT2D eigenvalue weighted by Gasteiger charge is 2.09. The number of hydrogen-bond acceptors (Lipinski definition) is 3. The minimum atomic E-state index is 0.376. The number of benzene rings is 1. The summed E-state index contributed by atoms with van der Waals surface area (Å²) in [5, 5.41) is 4.24. The van der Waals surface area contributed by atoms with Crippen LogP contribution in [0, 0.1) is 6.92 Å². The van der Waals surface area contributed by atoms with Crippen molar-refractivity contribution in [2.45, 2.75) is 13.5 Å². The molecular weight excluding hydrogens is 296 g/mol. The van der Waals surface area contributed by atoms with Crippen molar-refractivity contribution in [2.75, 3.05) is 0 Å². The van der Waals surface area contributed by atoms with Crippen LogP contribution in [0.4, 0.5) is 0 Å². The molecule has 18 heavy (non-hydrogen) atoms. The molecule has 0 atom stereocenters. The van der Waals surface area contributed by atoms with Gasteiger partial charge < -0.3 is 4.74 Å². The molecule has 2 aromatic rings. The highest BCUT2D eigenvalue weighted by atomic mass is 79.9. The highest BCUT2D eigenvalue weighted by Crippen LogP contribution is 2.28. The van der Waals surface area contributed by atoms with E-state index in [4.69, 9.17) is 4.74 Å². The summed E-state index contributed by atoms with van der Waals surface area (Å²) in [7, 11) is 1.87. The average Bonchev–Trinajstić information content (AvgIpc) is 2.66. The van der Waals surface area contributed by atoms with Crippen LogP contribution >= 0.6 is 15.9 Å². The van der Waals surface area contributed by atoms with Crippen molar-refractivity contribution in [1.29, 1.82) is 0 Å². The van der Waals surface area contributed by atoms with Crippen molar-refractivity contribution in [2.24, 2.45) is 7.05 Å². The Morgan fingerprint density at radius 2 is 2.28 bits per heavy atom. The minimum Gasteiger partial charge on any atom is -0.485 e. The van der Waals surface area contributed by atoms with Crippen molar-refractivity contribution < 1.29 is 9.53 Å². The lowest BCUT2D eigenvalue weighted by atomic mass is 10.2. The summed E-state index contributed by atoms with van der Waals surface area (Å²) in [4.78, 5) is 10.9.